The lowest BCUT2D eigenvalue weighted by Crippen LogP contribution is -2.45. The molecule has 0 aliphatic carbocycles. The maximum Gasteiger partial charge on any atom is 0.273 e. The summed E-state index contributed by atoms with van der Waals surface area (Å²) in [6.45, 7) is 9.63. The maximum absolute atomic E-state index is 12.1. The van der Waals surface area contributed by atoms with Crippen molar-refractivity contribution >= 4 is 5.91 Å². The highest BCUT2D eigenvalue weighted by atomic mass is 16.7. The molecule has 1 aromatic heterocycles. The molecule has 1 N–H and O–H groups in total. The molecule has 2 aromatic rings. The highest BCUT2D eigenvalue weighted by Gasteiger charge is 2.21. The SMILES string of the molecule is CC[C@H](C)NC(=O)c1coc(CN2CCN(Cc3ccc4c(c3)OCO4)CC2)n1. The molecule has 3 heterocycles. The van der Waals surface area contributed by atoms with Gasteiger partial charge in [-0.15, -0.1) is 0 Å². The van der Waals surface area contributed by atoms with Crippen LogP contribution in [0.25, 0.3) is 0 Å². The molecule has 0 radical (unpaired) electrons. The van der Waals surface area contributed by atoms with Gasteiger partial charge in [-0.2, -0.15) is 0 Å². The van der Waals surface area contributed by atoms with Gasteiger partial charge in [0, 0.05) is 38.8 Å². The van der Waals surface area contributed by atoms with Crippen LogP contribution in [0.2, 0.25) is 0 Å². The summed E-state index contributed by atoms with van der Waals surface area (Å²) in [5.41, 5.74) is 1.58. The van der Waals surface area contributed by atoms with Crippen LogP contribution in [0.15, 0.2) is 28.9 Å². The van der Waals surface area contributed by atoms with Crippen LogP contribution in [-0.4, -0.2) is 59.7 Å². The molecule has 0 saturated carbocycles. The minimum absolute atomic E-state index is 0.125. The van der Waals surface area contributed by atoms with E-state index < -0.39 is 0 Å². The average Bonchev–Trinajstić information content (AvgIpc) is 3.38. The maximum atomic E-state index is 12.1. The second-order valence-corrected chi connectivity index (χ2v) is 7.65. The minimum atomic E-state index is -0.178. The number of piperazine rings is 1. The Hall–Kier alpha value is -2.58. The van der Waals surface area contributed by atoms with Crippen molar-refractivity contribution in [1.82, 2.24) is 20.1 Å². The number of carbonyl (C=O) groups is 1. The van der Waals surface area contributed by atoms with E-state index in [0.29, 0.717) is 24.9 Å². The molecule has 0 unspecified atom stereocenters. The molecule has 0 spiro atoms. The summed E-state index contributed by atoms with van der Waals surface area (Å²) < 4.78 is 16.4. The van der Waals surface area contributed by atoms with Crippen LogP contribution in [0, 0.1) is 0 Å². The third-order valence-electron chi connectivity index (χ3n) is 5.44. The van der Waals surface area contributed by atoms with Gasteiger partial charge in [0.1, 0.15) is 6.26 Å². The van der Waals surface area contributed by atoms with Gasteiger partial charge in [0.15, 0.2) is 17.2 Å². The van der Waals surface area contributed by atoms with E-state index in [2.05, 4.69) is 32.2 Å². The summed E-state index contributed by atoms with van der Waals surface area (Å²) in [5.74, 6) is 2.06. The molecule has 1 atom stereocenters. The number of ether oxygens (including phenoxy) is 2. The van der Waals surface area contributed by atoms with Crippen molar-refractivity contribution in [3.05, 3.63) is 41.6 Å². The van der Waals surface area contributed by atoms with Crippen molar-refractivity contribution < 1.29 is 18.7 Å². The Morgan fingerprint density at radius 3 is 2.62 bits per heavy atom. The summed E-state index contributed by atoms with van der Waals surface area (Å²) in [6.07, 6.45) is 2.33. The molecule has 2 aliphatic rings. The Morgan fingerprint density at radius 2 is 1.86 bits per heavy atom. The van der Waals surface area contributed by atoms with Crippen LogP contribution in [0.4, 0.5) is 0 Å². The molecular formula is C21H28N4O4. The van der Waals surface area contributed by atoms with Crippen LogP contribution in [0.5, 0.6) is 11.5 Å². The van der Waals surface area contributed by atoms with E-state index in [9.17, 15) is 4.79 Å². The number of nitrogens with one attached hydrogen (secondary N) is 1. The fourth-order valence-electron chi connectivity index (χ4n) is 3.48. The number of hydrogen-bond donors (Lipinski definition) is 1. The molecule has 1 amide bonds. The third kappa shape index (κ3) is 4.89. The summed E-state index contributed by atoms with van der Waals surface area (Å²) in [5, 5.41) is 2.91. The lowest BCUT2D eigenvalue weighted by atomic mass is 10.1. The van der Waals surface area contributed by atoms with Crippen molar-refractivity contribution in [2.24, 2.45) is 0 Å². The lowest BCUT2D eigenvalue weighted by Gasteiger charge is -2.34. The van der Waals surface area contributed by atoms with Gasteiger partial charge in [0.2, 0.25) is 12.7 Å². The fraction of sp³-hybridized carbons (Fsp3) is 0.524. The van der Waals surface area contributed by atoms with Crippen molar-refractivity contribution in [2.75, 3.05) is 33.0 Å². The summed E-state index contributed by atoms with van der Waals surface area (Å²) in [6, 6.07) is 6.26. The summed E-state index contributed by atoms with van der Waals surface area (Å²) in [4.78, 5) is 21.2. The first-order chi connectivity index (χ1) is 14.1. The lowest BCUT2D eigenvalue weighted by molar-refractivity contribution is 0.0934. The van der Waals surface area contributed by atoms with Gasteiger partial charge in [-0.25, -0.2) is 4.98 Å². The third-order valence-corrected chi connectivity index (χ3v) is 5.44. The van der Waals surface area contributed by atoms with Gasteiger partial charge in [-0.05, 0) is 31.0 Å². The Labute approximate surface area is 170 Å². The van der Waals surface area contributed by atoms with Crippen LogP contribution >= 0.6 is 0 Å². The van der Waals surface area contributed by atoms with E-state index in [0.717, 1.165) is 50.6 Å². The van der Waals surface area contributed by atoms with E-state index in [4.69, 9.17) is 13.9 Å². The number of nitrogens with zero attached hydrogens (tertiary/aromatic N) is 3. The number of aromatic nitrogens is 1. The molecular weight excluding hydrogens is 372 g/mol. The normalized spacial score (nSPS) is 18.0. The zero-order valence-corrected chi connectivity index (χ0v) is 17.0. The quantitative estimate of drug-likeness (QED) is 0.763. The number of hydrogen-bond acceptors (Lipinski definition) is 7. The number of oxazole rings is 1. The first kappa shape index (κ1) is 19.7. The largest absolute Gasteiger partial charge is 0.454 e. The second-order valence-electron chi connectivity index (χ2n) is 7.65. The first-order valence-electron chi connectivity index (χ1n) is 10.2. The molecule has 29 heavy (non-hydrogen) atoms. The van der Waals surface area contributed by atoms with Gasteiger partial charge >= 0.3 is 0 Å². The second kappa shape index (κ2) is 8.84. The molecule has 1 saturated heterocycles. The van der Waals surface area contributed by atoms with Crippen LogP contribution in [0.3, 0.4) is 0 Å². The number of amides is 1. The molecule has 8 heteroatoms. The smallest absolute Gasteiger partial charge is 0.273 e. The molecule has 1 fully saturated rings. The van der Waals surface area contributed by atoms with E-state index in [1.807, 2.05) is 19.9 Å². The molecule has 1 aromatic carbocycles. The van der Waals surface area contributed by atoms with Gasteiger partial charge in [-0.1, -0.05) is 13.0 Å². The predicted octanol–water partition coefficient (Wildman–Crippen LogP) is 2.25. The zero-order valence-electron chi connectivity index (χ0n) is 17.0. The highest BCUT2D eigenvalue weighted by Crippen LogP contribution is 2.32. The zero-order chi connectivity index (χ0) is 20.2. The fourth-order valence-corrected chi connectivity index (χ4v) is 3.48. The highest BCUT2D eigenvalue weighted by molar-refractivity contribution is 5.92. The monoisotopic (exact) mass is 400 g/mol. The van der Waals surface area contributed by atoms with Crippen molar-refractivity contribution in [3.63, 3.8) is 0 Å². The standard InChI is InChI=1S/C21H28N4O4/c1-3-15(2)22-21(26)17-13-27-20(23-17)12-25-8-6-24(7-9-25)11-16-4-5-18-19(10-16)29-14-28-18/h4-5,10,13,15H,3,6-9,11-12,14H2,1-2H3,(H,22,26)/t15-/m0/s1. The van der Waals surface area contributed by atoms with Crippen molar-refractivity contribution in [1.29, 1.82) is 0 Å². The molecule has 156 valence electrons. The Balaban J connectivity index is 1.24. The molecule has 2 aliphatic heterocycles. The minimum Gasteiger partial charge on any atom is -0.454 e. The number of fused-ring (bicyclic) bond motifs is 1. The Kier molecular flexibility index (Phi) is 6.01. The molecule has 0 bridgehead atoms. The van der Waals surface area contributed by atoms with Crippen LogP contribution in [-0.2, 0) is 13.1 Å². The van der Waals surface area contributed by atoms with E-state index >= 15 is 0 Å². The summed E-state index contributed by atoms with van der Waals surface area (Å²) in [7, 11) is 0. The van der Waals surface area contributed by atoms with E-state index in [1.165, 1.54) is 11.8 Å². The topological polar surface area (TPSA) is 80.1 Å². The van der Waals surface area contributed by atoms with Gasteiger partial charge in [-0.3, -0.25) is 14.6 Å². The Morgan fingerprint density at radius 1 is 1.14 bits per heavy atom. The van der Waals surface area contributed by atoms with E-state index in [1.54, 1.807) is 0 Å². The average molecular weight is 400 g/mol. The van der Waals surface area contributed by atoms with Gasteiger partial charge < -0.3 is 19.2 Å². The number of carbonyl (C=O) groups excluding carboxylic acids is 1. The summed E-state index contributed by atoms with van der Waals surface area (Å²) >= 11 is 0. The predicted molar refractivity (Wildman–Crippen MR) is 107 cm³/mol. The van der Waals surface area contributed by atoms with Crippen LogP contribution < -0.4 is 14.8 Å². The number of benzene rings is 1. The number of rotatable bonds is 7. The van der Waals surface area contributed by atoms with Crippen molar-refractivity contribution in [2.45, 2.75) is 39.4 Å². The first-order valence-corrected chi connectivity index (χ1v) is 10.2. The van der Waals surface area contributed by atoms with Gasteiger partial charge in [0.05, 0.1) is 6.54 Å². The van der Waals surface area contributed by atoms with Crippen LogP contribution in [0.1, 0.15) is 42.2 Å². The Bertz CT molecular complexity index is 845. The molecule has 4 rings (SSSR count). The van der Waals surface area contributed by atoms with E-state index in [-0.39, 0.29) is 11.9 Å². The van der Waals surface area contributed by atoms with Gasteiger partial charge in [0.25, 0.3) is 5.91 Å². The molecule has 8 nitrogen and oxygen atoms in total. The van der Waals surface area contributed by atoms with Crippen molar-refractivity contribution in [3.8, 4) is 11.5 Å².